The van der Waals surface area contributed by atoms with Gasteiger partial charge in [0, 0.05) is 38.3 Å². The minimum Gasteiger partial charge on any atom is -0.313 e. The fraction of sp³-hybridized carbons (Fsp3) is 0.600. The van der Waals surface area contributed by atoms with E-state index in [4.69, 9.17) is 0 Å². The lowest BCUT2D eigenvalue weighted by Crippen LogP contribution is -2.21. The van der Waals surface area contributed by atoms with Crippen molar-refractivity contribution < 1.29 is 0 Å². The zero-order chi connectivity index (χ0) is 15.6. The third-order valence-electron chi connectivity index (χ3n) is 3.90. The molecular formula is C15H24BrN5. The Hall–Kier alpha value is -1.14. The van der Waals surface area contributed by atoms with Crippen LogP contribution in [0, 0.1) is 0 Å². The van der Waals surface area contributed by atoms with Crippen LogP contribution in [0.25, 0.3) is 0 Å². The Labute approximate surface area is 134 Å². The van der Waals surface area contributed by atoms with E-state index in [1.807, 2.05) is 30.5 Å². The topological polar surface area (TPSA) is 47.7 Å². The fourth-order valence-electron chi connectivity index (χ4n) is 2.72. The average Bonchev–Trinajstić information content (AvgIpc) is 2.97. The monoisotopic (exact) mass is 353 g/mol. The van der Waals surface area contributed by atoms with Crippen molar-refractivity contribution in [3.05, 3.63) is 33.3 Å². The first kappa shape index (κ1) is 16.2. The fourth-order valence-corrected chi connectivity index (χ4v) is 3.50. The number of nitrogens with one attached hydrogen (secondary N) is 1. The molecule has 2 rings (SSSR count). The van der Waals surface area contributed by atoms with E-state index < -0.39 is 0 Å². The standard InChI is InChI=1S/C15H24BrN5/c1-6-11-10(9-20(4)18-11)13(17-3)8-14-15(16)12(7-2)19-21(14)5/h9,13,17H,6-8H2,1-5H3. The summed E-state index contributed by atoms with van der Waals surface area (Å²) >= 11 is 3.70. The Balaban J connectivity index is 2.33. The van der Waals surface area contributed by atoms with Gasteiger partial charge in [0.15, 0.2) is 0 Å². The molecule has 0 saturated carbocycles. The molecule has 116 valence electrons. The summed E-state index contributed by atoms with van der Waals surface area (Å²) < 4.78 is 5.01. The van der Waals surface area contributed by atoms with Gasteiger partial charge in [-0.25, -0.2) is 0 Å². The van der Waals surface area contributed by atoms with E-state index in [-0.39, 0.29) is 6.04 Å². The van der Waals surface area contributed by atoms with Crippen LogP contribution < -0.4 is 5.32 Å². The molecule has 0 amide bonds. The van der Waals surface area contributed by atoms with E-state index in [0.29, 0.717) is 0 Å². The van der Waals surface area contributed by atoms with Gasteiger partial charge in [0.1, 0.15) is 0 Å². The van der Waals surface area contributed by atoms with Crippen molar-refractivity contribution in [2.75, 3.05) is 7.05 Å². The van der Waals surface area contributed by atoms with Gasteiger partial charge in [-0.3, -0.25) is 9.36 Å². The van der Waals surface area contributed by atoms with Gasteiger partial charge in [0.05, 0.1) is 21.6 Å². The van der Waals surface area contributed by atoms with Gasteiger partial charge in [0.2, 0.25) is 0 Å². The summed E-state index contributed by atoms with van der Waals surface area (Å²) in [7, 11) is 5.99. The molecule has 1 atom stereocenters. The Kier molecular flexibility index (Phi) is 5.22. The second kappa shape index (κ2) is 6.75. The van der Waals surface area contributed by atoms with Gasteiger partial charge in [-0.05, 0) is 35.8 Å². The van der Waals surface area contributed by atoms with Gasteiger partial charge in [-0.1, -0.05) is 13.8 Å². The molecule has 0 spiro atoms. The van der Waals surface area contributed by atoms with Gasteiger partial charge in [0.25, 0.3) is 0 Å². The summed E-state index contributed by atoms with van der Waals surface area (Å²) in [5, 5.41) is 12.5. The van der Waals surface area contributed by atoms with Crippen LogP contribution in [0.15, 0.2) is 10.7 Å². The number of halogens is 1. The number of rotatable bonds is 6. The van der Waals surface area contributed by atoms with Crippen molar-refractivity contribution in [3.8, 4) is 0 Å². The van der Waals surface area contributed by atoms with Crippen molar-refractivity contribution in [1.29, 1.82) is 0 Å². The average molecular weight is 354 g/mol. The Morgan fingerprint density at radius 2 is 1.86 bits per heavy atom. The number of hydrogen-bond donors (Lipinski definition) is 1. The third-order valence-corrected chi connectivity index (χ3v) is 4.81. The summed E-state index contributed by atoms with van der Waals surface area (Å²) in [6, 6.07) is 0.241. The summed E-state index contributed by atoms with van der Waals surface area (Å²) in [5.41, 5.74) is 4.76. The van der Waals surface area contributed by atoms with E-state index in [9.17, 15) is 0 Å². The highest BCUT2D eigenvalue weighted by Crippen LogP contribution is 2.27. The highest BCUT2D eigenvalue weighted by molar-refractivity contribution is 9.10. The minimum absolute atomic E-state index is 0.241. The van der Waals surface area contributed by atoms with Crippen LogP contribution in [0.3, 0.4) is 0 Å². The van der Waals surface area contributed by atoms with E-state index in [1.165, 1.54) is 11.3 Å². The molecule has 0 radical (unpaired) electrons. The summed E-state index contributed by atoms with van der Waals surface area (Å²) in [6.07, 6.45) is 4.89. The smallest absolute Gasteiger partial charge is 0.0766 e. The largest absolute Gasteiger partial charge is 0.313 e. The number of aromatic nitrogens is 4. The Bertz CT molecular complexity index is 614. The third kappa shape index (κ3) is 3.21. The zero-order valence-corrected chi connectivity index (χ0v) is 15.0. The molecule has 21 heavy (non-hydrogen) atoms. The van der Waals surface area contributed by atoms with Crippen LogP contribution in [0.4, 0.5) is 0 Å². The quantitative estimate of drug-likeness (QED) is 0.867. The number of likely N-dealkylation sites (N-methyl/N-ethyl adjacent to an activating group) is 1. The predicted octanol–water partition coefficient (Wildman–Crippen LogP) is 2.54. The van der Waals surface area contributed by atoms with Crippen molar-refractivity contribution in [3.63, 3.8) is 0 Å². The molecule has 0 bridgehead atoms. The van der Waals surface area contributed by atoms with Crippen LogP contribution in [0.1, 0.15) is 42.5 Å². The predicted molar refractivity (Wildman–Crippen MR) is 88.4 cm³/mol. The van der Waals surface area contributed by atoms with Crippen molar-refractivity contribution in [2.45, 2.75) is 39.2 Å². The summed E-state index contributed by atoms with van der Waals surface area (Å²) in [5.74, 6) is 0. The molecule has 0 fully saturated rings. The molecule has 0 saturated heterocycles. The molecule has 5 nitrogen and oxygen atoms in total. The van der Waals surface area contributed by atoms with Crippen molar-refractivity contribution in [1.82, 2.24) is 24.9 Å². The van der Waals surface area contributed by atoms with E-state index >= 15 is 0 Å². The number of hydrogen-bond acceptors (Lipinski definition) is 3. The van der Waals surface area contributed by atoms with Gasteiger partial charge in [-0.15, -0.1) is 0 Å². The molecule has 1 unspecified atom stereocenters. The summed E-state index contributed by atoms with van der Waals surface area (Å²) in [6.45, 7) is 4.27. The first-order valence-electron chi connectivity index (χ1n) is 7.41. The normalized spacial score (nSPS) is 12.9. The number of aryl methyl sites for hydroxylation is 4. The lowest BCUT2D eigenvalue weighted by molar-refractivity contribution is 0.556. The van der Waals surface area contributed by atoms with Gasteiger partial charge >= 0.3 is 0 Å². The van der Waals surface area contributed by atoms with Crippen LogP contribution in [-0.4, -0.2) is 26.6 Å². The maximum Gasteiger partial charge on any atom is 0.0766 e. The van der Waals surface area contributed by atoms with Crippen LogP contribution in [-0.2, 0) is 33.4 Å². The van der Waals surface area contributed by atoms with Crippen LogP contribution in [0.5, 0.6) is 0 Å². The molecule has 6 heteroatoms. The molecule has 2 aromatic heterocycles. The van der Waals surface area contributed by atoms with Crippen LogP contribution in [0.2, 0.25) is 0 Å². The maximum atomic E-state index is 4.58. The number of nitrogens with zero attached hydrogens (tertiary/aromatic N) is 4. The SMILES string of the molecule is CCc1nn(C)cc1C(Cc1c(Br)c(CC)nn1C)NC. The first-order valence-corrected chi connectivity index (χ1v) is 8.20. The Morgan fingerprint density at radius 1 is 1.19 bits per heavy atom. The highest BCUT2D eigenvalue weighted by atomic mass is 79.9. The molecule has 2 aromatic rings. The molecule has 0 aliphatic rings. The second-order valence-corrected chi connectivity index (χ2v) is 6.08. The van der Waals surface area contributed by atoms with E-state index in [1.54, 1.807) is 0 Å². The molecular weight excluding hydrogens is 330 g/mol. The van der Waals surface area contributed by atoms with Crippen molar-refractivity contribution >= 4 is 15.9 Å². The molecule has 2 heterocycles. The first-order chi connectivity index (χ1) is 10.0. The minimum atomic E-state index is 0.241. The molecule has 0 aromatic carbocycles. The Morgan fingerprint density at radius 3 is 2.38 bits per heavy atom. The summed E-state index contributed by atoms with van der Waals surface area (Å²) in [4.78, 5) is 0. The highest BCUT2D eigenvalue weighted by Gasteiger charge is 2.21. The van der Waals surface area contributed by atoms with E-state index in [0.717, 1.165) is 35.1 Å². The molecule has 0 aliphatic heterocycles. The van der Waals surface area contributed by atoms with Gasteiger partial charge < -0.3 is 5.32 Å². The second-order valence-electron chi connectivity index (χ2n) is 5.29. The maximum absolute atomic E-state index is 4.58. The zero-order valence-electron chi connectivity index (χ0n) is 13.4. The van der Waals surface area contributed by atoms with Crippen LogP contribution >= 0.6 is 15.9 Å². The molecule has 0 aliphatic carbocycles. The van der Waals surface area contributed by atoms with Gasteiger partial charge in [-0.2, -0.15) is 10.2 Å². The van der Waals surface area contributed by atoms with Crippen molar-refractivity contribution in [2.24, 2.45) is 14.1 Å². The molecule has 1 N–H and O–H groups in total. The van der Waals surface area contributed by atoms with E-state index in [2.05, 4.69) is 51.5 Å². The lowest BCUT2D eigenvalue weighted by Gasteiger charge is -2.16. The lowest BCUT2D eigenvalue weighted by atomic mass is 10.0.